The van der Waals surface area contributed by atoms with Crippen molar-refractivity contribution in [2.75, 3.05) is 9.62 Å². The average molecular weight is 465 g/mol. The van der Waals surface area contributed by atoms with E-state index in [4.69, 9.17) is 0 Å². The molecule has 1 fully saturated rings. The normalized spacial score (nSPS) is 16.4. The number of aromatic nitrogens is 1. The van der Waals surface area contributed by atoms with E-state index in [1.807, 2.05) is 0 Å². The number of pyridine rings is 1. The molecule has 0 spiro atoms. The second kappa shape index (κ2) is 7.74. The van der Waals surface area contributed by atoms with E-state index in [1.54, 1.807) is 24.3 Å². The van der Waals surface area contributed by atoms with Gasteiger partial charge in [0.1, 0.15) is 18.2 Å². The molecule has 1 aromatic heterocycles. The Morgan fingerprint density at radius 3 is 2.55 bits per heavy atom. The van der Waals surface area contributed by atoms with Crippen LogP contribution in [0.3, 0.4) is 0 Å². The van der Waals surface area contributed by atoms with Gasteiger partial charge in [-0.3, -0.25) is 4.31 Å². The first-order valence-corrected chi connectivity index (χ1v) is 12.0. The zero-order chi connectivity index (χ0) is 23.2. The second-order valence-electron chi connectivity index (χ2n) is 8.32. The van der Waals surface area contributed by atoms with E-state index in [2.05, 4.69) is 16.4 Å². The maximum Gasteiger partial charge on any atom is 0.264 e. The Hall–Kier alpha value is -3.64. The molecule has 33 heavy (non-hydrogen) atoms. The molecule has 0 atom stereocenters. The first kappa shape index (κ1) is 21.2. The largest absolute Gasteiger partial charge is 0.508 e. The lowest BCUT2D eigenvalue weighted by Crippen LogP contribution is -2.37. The van der Waals surface area contributed by atoms with Crippen molar-refractivity contribution >= 4 is 27.2 Å². The summed E-state index contributed by atoms with van der Waals surface area (Å²) in [6, 6.07) is 16.3. The van der Waals surface area contributed by atoms with Gasteiger partial charge in [0.05, 0.1) is 40.0 Å². The maximum atomic E-state index is 13.9. The molecule has 1 aliphatic carbocycles. The van der Waals surface area contributed by atoms with Crippen LogP contribution in [0, 0.1) is 11.3 Å². The second-order valence-corrected chi connectivity index (χ2v) is 10.2. The van der Waals surface area contributed by atoms with Gasteiger partial charge in [-0.2, -0.15) is 5.26 Å². The molecule has 2 heterocycles. The quantitative estimate of drug-likeness (QED) is 0.582. The van der Waals surface area contributed by atoms with E-state index in [9.17, 15) is 23.2 Å². The summed E-state index contributed by atoms with van der Waals surface area (Å²) in [6.07, 6.45) is 2.17. The van der Waals surface area contributed by atoms with Gasteiger partial charge in [-0.25, -0.2) is 17.8 Å². The minimum absolute atomic E-state index is 0.0115. The van der Waals surface area contributed by atoms with Gasteiger partial charge in [-0.05, 0) is 61.2 Å². The summed E-state index contributed by atoms with van der Waals surface area (Å²) in [4.78, 5) is 4.34. The molecule has 0 unspecified atom stereocenters. The highest BCUT2D eigenvalue weighted by Gasteiger charge is 2.44. The molecule has 2 aliphatic rings. The lowest BCUT2D eigenvalue weighted by Gasteiger charge is -2.39. The van der Waals surface area contributed by atoms with E-state index in [0.29, 0.717) is 41.2 Å². The molecule has 3 aromatic rings. The van der Waals surface area contributed by atoms with Gasteiger partial charge in [0, 0.05) is 5.56 Å². The van der Waals surface area contributed by atoms with Crippen LogP contribution in [-0.2, 0) is 28.7 Å². The van der Waals surface area contributed by atoms with Crippen molar-refractivity contribution in [2.24, 2.45) is 0 Å². The molecular formula is C24H21FN4O3S. The fourth-order valence-corrected chi connectivity index (χ4v) is 5.90. The number of aromatic hydroxyl groups is 1. The molecule has 2 aromatic carbocycles. The molecule has 2 N–H and O–H groups in total. The Balaban J connectivity index is 1.76. The Morgan fingerprint density at radius 1 is 1.15 bits per heavy atom. The summed E-state index contributed by atoms with van der Waals surface area (Å²) in [7, 11) is -4.08. The molecule has 0 saturated heterocycles. The number of nitriles is 1. The Morgan fingerprint density at radius 2 is 1.91 bits per heavy atom. The van der Waals surface area contributed by atoms with Crippen molar-refractivity contribution in [3.63, 3.8) is 0 Å². The molecule has 7 nitrogen and oxygen atoms in total. The predicted molar refractivity (Wildman–Crippen MR) is 121 cm³/mol. The zero-order valence-electron chi connectivity index (χ0n) is 17.6. The van der Waals surface area contributed by atoms with Gasteiger partial charge in [-0.1, -0.05) is 18.2 Å². The van der Waals surface area contributed by atoms with Crippen LogP contribution in [0.4, 0.5) is 21.6 Å². The SMILES string of the molecule is N#CC1(c2cccc3c2N(S(=O)(=O)c2ccc(O)cc2)Cc2ccc(CF)nc2N3)CCC1. The highest BCUT2D eigenvalue weighted by molar-refractivity contribution is 7.92. The van der Waals surface area contributed by atoms with Crippen molar-refractivity contribution in [2.45, 2.75) is 42.8 Å². The summed E-state index contributed by atoms with van der Waals surface area (Å²) >= 11 is 0. The lowest BCUT2D eigenvalue weighted by atomic mass is 9.65. The topological polar surface area (TPSA) is 106 Å². The number of hydrogen-bond acceptors (Lipinski definition) is 6. The Kier molecular flexibility index (Phi) is 4.98. The van der Waals surface area contributed by atoms with Crippen molar-refractivity contribution in [3.8, 4) is 11.8 Å². The first-order chi connectivity index (χ1) is 15.9. The molecule has 0 radical (unpaired) electrons. The number of para-hydroxylation sites is 1. The van der Waals surface area contributed by atoms with Crippen LogP contribution < -0.4 is 9.62 Å². The van der Waals surface area contributed by atoms with Crippen molar-refractivity contribution in [1.29, 1.82) is 5.26 Å². The van der Waals surface area contributed by atoms with Crippen LogP contribution in [-0.4, -0.2) is 18.5 Å². The van der Waals surface area contributed by atoms with Crippen LogP contribution >= 0.6 is 0 Å². The van der Waals surface area contributed by atoms with E-state index < -0.39 is 22.1 Å². The highest BCUT2D eigenvalue weighted by atomic mass is 32.2. The highest BCUT2D eigenvalue weighted by Crippen LogP contribution is 2.51. The summed E-state index contributed by atoms with van der Waals surface area (Å²) < 4.78 is 42.3. The number of phenolic OH excluding ortho intramolecular Hbond substituents is 1. The van der Waals surface area contributed by atoms with Crippen LogP contribution in [0.1, 0.15) is 36.1 Å². The molecule has 5 rings (SSSR count). The Bertz CT molecular complexity index is 1380. The smallest absolute Gasteiger partial charge is 0.264 e. The standard InChI is InChI=1S/C24H21FN4O3S/c25-13-17-6-5-16-14-29(33(31,32)19-9-7-18(30)8-10-19)22-20(24(15-26)11-2-12-24)3-1-4-21(22)28-23(16)27-17/h1,3-10,30H,2,11-14H2,(H,27,28). The van der Waals surface area contributed by atoms with Gasteiger partial charge in [0.25, 0.3) is 10.0 Å². The summed E-state index contributed by atoms with van der Waals surface area (Å²) in [5, 5.41) is 22.9. The number of nitrogens with zero attached hydrogens (tertiary/aromatic N) is 3. The van der Waals surface area contributed by atoms with Crippen LogP contribution in [0.2, 0.25) is 0 Å². The fraction of sp³-hybridized carbons (Fsp3) is 0.250. The fourth-order valence-electron chi connectivity index (χ4n) is 4.42. The van der Waals surface area contributed by atoms with Crippen LogP contribution in [0.25, 0.3) is 0 Å². The average Bonchev–Trinajstić information content (AvgIpc) is 2.96. The maximum absolute atomic E-state index is 13.9. The van der Waals surface area contributed by atoms with E-state index in [0.717, 1.165) is 6.42 Å². The van der Waals surface area contributed by atoms with Crippen LogP contribution in [0.15, 0.2) is 59.5 Å². The number of fused-ring (bicyclic) bond motifs is 2. The Labute approximate surface area is 191 Å². The van der Waals surface area contributed by atoms with Crippen LogP contribution in [0.5, 0.6) is 5.75 Å². The predicted octanol–water partition coefficient (Wildman–Crippen LogP) is 4.65. The number of hydrogen-bond donors (Lipinski definition) is 2. The minimum Gasteiger partial charge on any atom is -0.508 e. The lowest BCUT2D eigenvalue weighted by molar-refractivity contribution is 0.324. The van der Waals surface area contributed by atoms with E-state index in [-0.39, 0.29) is 22.9 Å². The number of nitrogens with one attached hydrogen (secondary N) is 1. The van der Waals surface area contributed by atoms with E-state index in [1.165, 1.54) is 34.6 Å². The molecule has 168 valence electrons. The number of halogens is 1. The minimum atomic E-state index is -4.08. The third-order valence-corrected chi connectivity index (χ3v) is 8.15. The molecule has 9 heteroatoms. The van der Waals surface area contributed by atoms with Gasteiger partial charge in [0.15, 0.2) is 0 Å². The van der Waals surface area contributed by atoms with Crippen molar-refractivity contribution in [3.05, 3.63) is 71.4 Å². The number of anilines is 3. The van der Waals surface area contributed by atoms with Gasteiger partial charge < -0.3 is 10.4 Å². The van der Waals surface area contributed by atoms with Crippen molar-refractivity contribution < 1.29 is 17.9 Å². The molecule has 0 amide bonds. The third-order valence-electron chi connectivity index (χ3n) is 6.39. The van der Waals surface area contributed by atoms with Gasteiger partial charge in [-0.15, -0.1) is 0 Å². The van der Waals surface area contributed by atoms with Gasteiger partial charge >= 0.3 is 0 Å². The molecule has 1 aliphatic heterocycles. The number of phenols is 1. The molecule has 1 saturated carbocycles. The van der Waals surface area contributed by atoms with E-state index >= 15 is 0 Å². The number of alkyl halides is 1. The first-order valence-electron chi connectivity index (χ1n) is 10.6. The third kappa shape index (κ3) is 3.38. The summed E-state index contributed by atoms with van der Waals surface area (Å²) in [6.45, 7) is -0.786. The molecule has 0 bridgehead atoms. The molecular weight excluding hydrogens is 443 g/mol. The number of rotatable bonds is 4. The number of benzene rings is 2. The zero-order valence-corrected chi connectivity index (χ0v) is 18.4. The summed E-state index contributed by atoms with van der Waals surface area (Å²) in [5.41, 5.74) is 1.56. The monoisotopic (exact) mass is 464 g/mol. The van der Waals surface area contributed by atoms with Gasteiger partial charge in [0.2, 0.25) is 0 Å². The number of sulfonamides is 1. The summed E-state index contributed by atoms with van der Waals surface area (Å²) in [5.74, 6) is 0.338. The van der Waals surface area contributed by atoms with Crippen molar-refractivity contribution in [1.82, 2.24) is 4.98 Å².